The molecule has 0 spiro atoms. The average Bonchev–Trinajstić information content (AvgIpc) is 3.17. The predicted molar refractivity (Wildman–Crippen MR) is 137 cm³/mol. The molecular weight excluding hydrogens is 430 g/mol. The van der Waals surface area contributed by atoms with Crippen LogP contribution in [0.15, 0.2) is 12.2 Å². The molecule has 3 aliphatic rings. The van der Waals surface area contributed by atoms with Gasteiger partial charge in [0.15, 0.2) is 0 Å². The summed E-state index contributed by atoms with van der Waals surface area (Å²) in [5.74, 6) is 1.74. The molecule has 196 valence electrons. The molecule has 7 nitrogen and oxygen atoms in total. The molecule has 7 heteroatoms. The Morgan fingerprint density at radius 1 is 0.971 bits per heavy atom. The zero-order chi connectivity index (χ0) is 24.8. The monoisotopic (exact) mass is 479 g/mol. The van der Waals surface area contributed by atoms with E-state index in [-0.39, 0.29) is 13.2 Å². The topological polar surface area (TPSA) is 79.0 Å². The van der Waals surface area contributed by atoms with E-state index in [0.29, 0.717) is 37.4 Å². The first-order valence-corrected chi connectivity index (χ1v) is 13.6. The van der Waals surface area contributed by atoms with Gasteiger partial charge in [0.05, 0.1) is 13.3 Å². The van der Waals surface area contributed by atoms with Crippen LogP contribution in [0.3, 0.4) is 0 Å². The van der Waals surface area contributed by atoms with Crippen LogP contribution in [-0.4, -0.2) is 67.0 Å². The van der Waals surface area contributed by atoms with Crippen LogP contribution in [0.4, 0.5) is 0 Å². The van der Waals surface area contributed by atoms with Crippen LogP contribution in [0.1, 0.15) is 86.4 Å². The van der Waals surface area contributed by atoms with E-state index in [1.165, 1.54) is 17.1 Å². The summed E-state index contributed by atoms with van der Waals surface area (Å²) in [6.07, 6.45) is 13.1. The number of hydrogen-bond acceptors (Lipinski definition) is 5. The molecule has 1 N–H and O–H groups in total. The number of amides is 3. The van der Waals surface area contributed by atoms with E-state index >= 15 is 0 Å². The first-order valence-electron chi connectivity index (χ1n) is 13.6. The Balaban J connectivity index is 0.00000199. The normalized spacial score (nSPS) is 23.3. The summed E-state index contributed by atoms with van der Waals surface area (Å²) in [5, 5.41) is 3.34. The van der Waals surface area contributed by atoms with Crippen LogP contribution in [0, 0.1) is 17.8 Å². The van der Waals surface area contributed by atoms with E-state index in [0.717, 1.165) is 89.9 Å². The lowest BCUT2D eigenvalue weighted by Crippen LogP contribution is -2.37. The van der Waals surface area contributed by atoms with Gasteiger partial charge in [-0.15, -0.1) is 0 Å². The second-order valence-corrected chi connectivity index (χ2v) is 9.90. The van der Waals surface area contributed by atoms with Crippen LogP contribution in [-0.2, 0) is 19.1 Å². The van der Waals surface area contributed by atoms with Crippen molar-refractivity contribution in [1.82, 2.24) is 15.1 Å². The van der Waals surface area contributed by atoms with Crippen molar-refractivity contribution in [3.8, 4) is 0 Å². The summed E-state index contributed by atoms with van der Waals surface area (Å²) in [5.41, 5.74) is 0. The van der Waals surface area contributed by atoms with Gasteiger partial charge in [-0.25, -0.2) is 0 Å². The Morgan fingerprint density at radius 3 is 2.24 bits per heavy atom. The maximum absolute atomic E-state index is 12.2. The van der Waals surface area contributed by atoms with Crippen molar-refractivity contribution in [2.45, 2.75) is 85.0 Å². The molecule has 0 radical (unpaired) electrons. The van der Waals surface area contributed by atoms with Crippen molar-refractivity contribution in [1.29, 1.82) is 0 Å². The third kappa shape index (κ3) is 9.87. The lowest BCUT2D eigenvalue weighted by atomic mass is 9.82. The Labute approximate surface area is 208 Å². The summed E-state index contributed by atoms with van der Waals surface area (Å²) < 4.78 is 5.81. The second-order valence-electron chi connectivity index (χ2n) is 9.90. The fourth-order valence-corrected chi connectivity index (χ4v) is 4.94. The van der Waals surface area contributed by atoms with Crippen molar-refractivity contribution in [3.05, 3.63) is 12.2 Å². The quantitative estimate of drug-likeness (QED) is 0.255. The Bertz CT molecular complexity index is 639. The molecule has 0 unspecified atom stereocenters. The molecule has 0 aromatic rings. The van der Waals surface area contributed by atoms with Gasteiger partial charge < -0.3 is 9.64 Å². The number of nitrogens with zero attached hydrogens (tertiary/aromatic N) is 2. The van der Waals surface area contributed by atoms with Gasteiger partial charge in [0, 0.05) is 39.6 Å². The molecule has 1 aliphatic carbocycles. The van der Waals surface area contributed by atoms with Gasteiger partial charge in [0.2, 0.25) is 5.91 Å². The van der Waals surface area contributed by atoms with E-state index in [1.807, 2.05) is 18.7 Å². The summed E-state index contributed by atoms with van der Waals surface area (Å²) in [6, 6.07) is 0. The molecule has 3 amide bonds. The average molecular weight is 480 g/mol. The van der Waals surface area contributed by atoms with E-state index in [9.17, 15) is 14.4 Å². The molecule has 0 aromatic heterocycles. The molecule has 2 aliphatic heterocycles. The second kappa shape index (κ2) is 16.0. The number of carbonyl (C=O) groups excluding carboxylic acids is 3. The number of hydrogen-bond donors (Lipinski definition) is 1. The molecule has 2 heterocycles. The first-order chi connectivity index (χ1) is 16.5. The summed E-state index contributed by atoms with van der Waals surface area (Å²) >= 11 is 0. The summed E-state index contributed by atoms with van der Waals surface area (Å²) in [6.45, 7) is 11.0. The molecule has 0 bridgehead atoms. The van der Waals surface area contributed by atoms with Gasteiger partial charge in [0.25, 0.3) is 11.8 Å². The van der Waals surface area contributed by atoms with Crippen LogP contribution in [0.25, 0.3) is 0 Å². The van der Waals surface area contributed by atoms with Crippen LogP contribution < -0.4 is 5.32 Å². The first kappa shape index (κ1) is 28.5. The largest absolute Gasteiger partial charge is 0.366 e. The fourth-order valence-electron chi connectivity index (χ4n) is 4.94. The zero-order valence-corrected chi connectivity index (χ0v) is 21.7. The van der Waals surface area contributed by atoms with Gasteiger partial charge in [-0.1, -0.05) is 27.2 Å². The smallest absolute Gasteiger partial charge is 0.253 e. The Hall–Kier alpha value is -1.73. The van der Waals surface area contributed by atoms with Gasteiger partial charge in [-0.3, -0.25) is 24.6 Å². The zero-order valence-electron chi connectivity index (χ0n) is 21.7. The summed E-state index contributed by atoms with van der Waals surface area (Å²) in [4.78, 5) is 39.0. The van der Waals surface area contributed by atoms with Gasteiger partial charge in [0.1, 0.15) is 0 Å². The molecule has 1 saturated carbocycles. The molecule has 0 aromatic carbocycles. The number of ether oxygens (including phenoxy) is 1. The van der Waals surface area contributed by atoms with Crippen LogP contribution in [0.5, 0.6) is 0 Å². The minimum atomic E-state index is -0.171. The molecule has 3 rings (SSSR count). The standard InChI is InChI=1S/C25H41N3O4.C2H6.H2/c1-20-12-15-27(16-13-20)23(29)5-3-2-4-14-26-19-32-18-22-8-6-21(7-9-22)17-28-24(30)10-11-25(28)31;1-2;/h10-11,20-22,26H,2-9,12-19H2,1H3;1-2H3;1H. The SMILES string of the molecule is CC.CC1CCN(C(=O)CCCCCNCOCC2CCC(CN3C(=O)C=CC3=O)CC2)CC1.[HH]. The number of piperidine rings is 1. The molecule has 1 saturated heterocycles. The minimum absolute atomic E-state index is 0. The summed E-state index contributed by atoms with van der Waals surface area (Å²) in [7, 11) is 0. The third-order valence-electron chi connectivity index (χ3n) is 7.25. The van der Waals surface area contributed by atoms with Crippen molar-refractivity contribution in [3.63, 3.8) is 0 Å². The third-order valence-corrected chi connectivity index (χ3v) is 7.25. The molecule has 0 atom stereocenters. The number of likely N-dealkylation sites (tertiary alicyclic amines) is 1. The maximum atomic E-state index is 12.2. The fraction of sp³-hybridized carbons (Fsp3) is 0.815. The van der Waals surface area contributed by atoms with E-state index in [4.69, 9.17) is 4.74 Å². The van der Waals surface area contributed by atoms with Crippen molar-refractivity contribution >= 4 is 17.7 Å². The van der Waals surface area contributed by atoms with E-state index in [1.54, 1.807) is 0 Å². The highest BCUT2D eigenvalue weighted by atomic mass is 16.5. The van der Waals surface area contributed by atoms with Crippen molar-refractivity contribution in [2.75, 3.05) is 39.5 Å². The minimum Gasteiger partial charge on any atom is -0.366 e. The molecule has 2 fully saturated rings. The highest BCUT2D eigenvalue weighted by Gasteiger charge is 2.29. The highest BCUT2D eigenvalue weighted by molar-refractivity contribution is 6.12. The number of rotatable bonds is 12. The van der Waals surface area contributed by atoms with Crippen LogP contribution in [0.2, 0.25) is 0 Å². The number of carbonyl (C=O) groups is 3. The maximum Gasteiger partial charge on any atom is 0.253 e. The van der Waals surface area contributed by atoms with E-state index < -0.39 is 0 Å². The van der Waals surface area contributed by atoms with Gasteiger partial charge in [-0.05, 0) is 75.7 Å². The van der Waals surface area contributed by atoms with Crippen LogP contribution >= 0.6 is 0 Å². The number of unbranched alkanes of at least 4 members (excludes halogenated alkanes) is 2. The lowest BCUT2D eigenvalue weighted by Gasteiger charge is -2.30. The van der Waals surface area contributed by atoms with E-state index in [2.05, 4.69) is 12.2 Å². The number of imide groups is 1. The molecular formula is C27H49N3O4. The number of nitrogens with one attached hydrogen (secondary N) is 1. The Morgan fingerprint density at radius 2 is 1.59 bits per heavy atom. The van der Waals surface area contributed by atoms with Crippen molar-refractivity contribution in [2.24, 2.45) is 17.8 Å². The molecule has 34 heavy (non-hydrogen) atoms. The van der Waals surface area contributed by atoms with Gasteiger partial charge in [-0.2, -0.15) is 0 Å². The predicted octanol–water partition coefficient (Wildman–Crippen LogP) is 4.37. The Kier molecular flexibility index (Phi) is 13.4. The van der Waals surface area contributed by atoms with Gasteiger partial charge >= 0.3 is 0 Å². The lowest BCUT2D eigenvalue weighted by molar-refractivity contribution is -0.138. The van der Waals surface area contributed by atoms with Crippen molar-refractivity contribution < 1.29 is 20.5 Å². The highest BCUT2D eigenvalue weighted by Crippen LogP contribution is 2.30.